The van der Waals surface area contributed by atoms with E-state index < -0.39 is 4.92 Å². The maximum absolute atomic E-state index is 12.6. The molecule has 1 aliphatic carbocycles. The fourth-order valence-corrected chi connectivity index (χ4v) is 3.44. The largest absolute Gasteiger partial charge is 0.338 e. The molecule has 3 rings (SSSR count). The number of nitrogens with zero attached hydrogens (tertiary/aromatic N) is 2. The first-order valence-corrected chi connectivity index (χ1v) is 8.80. The highest BCUT2D eigenvalue weighted by Crippen LogP contribution is 2.28. The molecule has 24 heavy (non-hydrogen) atoms. The van der Waals surface area contributed by atoms with E-state index in [9.17, 15) is 14.9 Å². The molecule has 0 atom stereocenters. The van der Waals surface area contributed by atoms with Gasteiger partial charge in [0.1, 0.15) is 0 Å². The summed E-state index contributed by atoms with van der Waals surface area (Å²) in [5.74, 6) is 0.804. The Balaban J connectivity index is 0.00000208. The van der Waals surface area contributed by atoms with E-state index >= 15 is 0 Å². The summed E-state index contributed by atoms with van der Waals surface area (Å²) in [5, 5.41) is 14.4. The second-order valence-electron chi connectivity index (χ2n) is 6.34. The van der Waals surface area contributed by atoms with Crippen LogP contribution in [0.3, 0.4) is 0 Å². The van der Waals surface area contributed by atoms with Gasteiger partial charge in [0.2, 0.25) is 0 Å². The van der Waals surface area contributed by atoms with Gasteiger partial charge in [-0.2, -0.15) is 0 Å². The topological polar surface area (TPSA) is 75.5 Å². The quantitative estimate of drug-likeness (QED) is 0.587. The summed E-state index contributed by atoms with van der Waals surface area (Å²) in [5.41, 5.74) is 0.469. The zero-order valence-corrected chi connectivity index (χ0v) is 15.6. The third kappa shape index (κ3) is 4.68. The minimum absolute atomic E-state index is 0. The lowest BCUT2D eigenvalue weighted by Crippen LogP contribution is -2.45. The number of nitro groups is 1. The number of nitro benzene ring substituents is 1. The molecule has 2 fully saturated rings. The Morgan fingerprint density at radius 3 is 2.50 bits per heavy atom. The molecule has 8 heteroatoms. The van der Waals surface area contributed by atoms with Crippen LogP contribution >= 0.6 is 28.3 Å². The molecule has 1 aromatic rings. The number of rotatable bonds is 5. The molecule has 1 N–H and O–H groups in total. The highest BCUT2D eigenvalue weighted by Gasteiger charge is 2.27. The monoisotopic (exact) mass is 417 g/mol. The Kier molecular flexibility index (Phi) is 6.60. The SMILES string of the molecule is Cl.O=C(c1ccc([N+](=O)[O-])cc1Br)N1CCC(NCC2CC2)CC1. The number of amides is 1. The Labute approximate surface area is 155 Å². The van der Waals surface area contributed by atoms with Gasteiger partial charge in [0.05, 0.1) is 10.5 Å². The van der Waals surface area contributed by atoms with E-state index in [1.807, 2.05) is 4.90 Å². The van der Waals surface area contributed by atoms with E-state index in [4.69, 9.17) is 0 Å². The minimum Gasteiger partial charge on any atom is -0.338 e. The Bertz CT molecular complexity index is 617. The number of piperidine rings is 1. The second kappa shape index (κ2) is 8.27. The Morgan fingerprint density at radius 1 is 1.29 bits per heavy atom. The van der Waals surface area contributed by atoms with Gasteiger partial charge in [-0.1, -0.05) is 0 Å². The summed E-state index contributed by atoms with van der Waals surface area (Å²) in [7, 11) is 0. The molecule has 1 amide bonds. The van der Waals surface area contributed by atoms with Crippen LogP contribution in [-0.2, 0) is 0 Å². The Hall–Kier alpha value is -1.18. The molecule has 2 aliphatic rings. The maximum Gasteiger partial charge on any atom is 0.270 e. The van der Waals surface area contributed by atoms with Crippen molar-refractivity contribution in [1.29, 1.82) is 0 Å². The molecule has 0 spiro atoms. The van der Waals surface area contributed by atoms with Crippen molar-refractivity contribution >= 4 is 39.9 Å². The molecule has 132 valence electrons. The summed E-state index contributed by atoms with van der Waals surface area (Å²) >= 11 is 3.28. The lowest BCUT2D eigenvalue weighted by Gasteiger charge is -2.32. The zero-order valence-electron chi connectivity index (χ0n) is 13.2. The van der Waals surface area contributed by atoms with Crippen LogP contribution in [0.4, 0.5) is 5.69 Å². The van der Waals surface area contributed by atoms with Gasteiger partial charge >= 0.3 is 0 Å². The first-order valence-electron chi connectivity index (χ1n) is 8.01. The number of hydrogen-bond acceptors (Lipinski definition) is 4. The molecule has 1 heterocycles. The standard InChI is InChI=1S/C16H20BrN3O3.ClH/c17-15-9-13(20(22)23)3-4-14(15)16(21)19-7-5-12(6-8-19)18-10-11-1-2-11;/h3-4,9,11-12,18H,1-2,5-8,10H2;1H. The third-order valence-electron chi connectivity index (χ3n) is 4.57. The van der Waals surface area contributed by atoms with Gasteiger partial charge in [-0.05, 0) is 60.1 Å². The van der Waals surface area contributed by atoms with Crippen LogP contribution in [-0.4, -0.2) is 41.4 Å². The van der Waals surface area contributed by atoms with Crippen molar-refractivity contribution in [3.8, 4) is 0 Å². The first kappa shape index (κ1) is 19.1. The van der Waals surface area contributed by atoms with Gasteiger partial charge in [-0.3, -0.25) is 14.9 Å². The van der Waals surface area contributed by atoms with E-state index in [0.717, 1.165) is 38.4 Å². The first-order chi connectivity index (χ1) is 11.0. The predicted molar refractivity (Wildman–Crippen MR) is 97.7 cm³/mol. The lowest BCUT2D eigenvalue weighted by atomic mass is 10.0. The summed E-state index contributed by atoms with van der Waals surface area (Å²) in [4.78, 5) is 24.7. The van der Waals surface area contributed by atoms with E-state index in [1.54, 1.807) is 0 Å². The van der Waals surface area contributed by atoms with Crippen LogP contribution in [0.2, 0.25) is 0 Å². The van der Waals surface area contributed by atoms with Gasteiger partial charge in [0.25, 0.3) is 11.6 Å². The van der Waals surface area contributed by atoms with Crippen molar-refractivity contribution in [3.05, 3.63) is 38.3 Å². The number of nitrogens with one attached hydrogen (secondary N) is 1. The van der Waals surface area contributed by atoms with Crippen LogP contribution in [0.1, 0.15) is 36.0 Å². The van der Waals surface area contributed by atoms with Crippen LogP contribution in [0, 0.1) is 16.0 Å². The number of carbonyl (C=O) groups is 1. The van der Waals surface area contributed by atoms with Gasteiger partial charge in [0.15, 0.2) is 0 Å². The number of non-ortho nitro benzene ring substituents is 1. The third-order valence-corrected chi connectivity index (χ3v) is 5.22. The number of halogens is 2. The molecule has 0 aromatic heterocycles. The van der Waals surface area contributed by atoms with Crippen molar-refractivity contribution in [2.45, 2.75) is 31.7 Å². The smallest absolute Gasteiger partial charge is 0.270 e. The summed E-state index contributed by atoms with van der Waals surface area (Å²) < 4.78 is 0.477. The summed E-state index contributed by atoms with van der Waals surface area (Å²) in [6.07, 6.45) is 4.61. The fraction of sp³-hybridized carbons (Fsp3) is 0.562. The molecule has 1 aromatic carbocycles. The molecular formula is C16H21BrClN3O3. The van der Waals surface area contributed by atoms with Crippen molar-refractivity contribution in [1.82, 2.24) is 10.2 Å². The highest BCUT2D eigenvalue weighted by atomic mass is 79.9. The Morgan fingerprint density at radius 2 is 1.96 bits per heavy atom. The number of benzene rings is 1. The predicted octanol–water partition coefficient (Wildman–Crippen LogP) is 3.38. The van der Waals surface area contributed by atoms with Crippen molar-refractivity contribution < 1.29 is 9.72 Å². The van der Waals surface area contributed by atoms with Crippen molar-refractivity contribution in [2.75, 3.05) is 19.6 Å². The molecule has 1 saturated heterocycles. The van der Waals surface area contributed by atoms with Gasteiger partial charge in [0, 0.05) is 35.7 Å². The normalized spacial score (nSPS) is 18.1. The summed E-state index contributed by atoms with van der Waals surface area (Å²) in [6.45, 7) is 2.56. The molecule has 0 radical (unpaired) electrons. The van der Waals surface area contributed by atoms with Crippen LogP contribution < -0.4 is 5.32 Å². The number of likely N-dealkylation sites (tertiary alicyclic amines) is 1. The van der Waals surface area contributed by atoms with Gasteiger partial charge in [-0.25, -0.2) is 0 Å². The van der Waals surface area contributed by atoms with Gasteiger partial charge < -0.3 is 10.2 Å². The number of hydrogen-bond donors (Lipinski definition) is 1. The average Bonchev–Trinajstić information content (AvgIpc) is 3.37. The fourth-order valence-electron chi connectivity index (χ4n) is 2.90. The highest BCUT2D eigenvalue weighted by molar-refractivity contribution is 9.10. The molecule has 1 saturated carbocycles. The second-order valence-corrected chi connectivity index (χ2v) is 7.19. The van der Waals surface area contributed by atoms with Crippen LogP contribution in [0.25, 0.3) is 0 Å². The molecule has 0 unspecified atom stereocenters. The molecular weight excluding hydrogens is 398 g/mol. The average molecular weight is 419 g/mol. The van der Waals surface area contributed by atoms with Crippen molar-refractivity contribution in [3.63, 3.8) is 0 Å². The zero-order chi connectivity index (χ0) is 16.4. The van der Waals surface area contributed by atoms with Crippen LogP contribution in [0.15, 0.2) is 22.7 Å². The van der Waals surface area contributed by atoms with E-state index in [2.05, 4.69) is 21.2 Å². The molecule has 1 aliphatic heterocycles. The summed E-state index contributed by atoms with van der Waals surface area (Å²) in [6, 6.07) is 4.79. The lowest BCUT2D eigenvalue weighted by molar-refractivity contribution is -0.384. The van der Waals surface area contributed by atoms with E-state index in [-0.39, 0.29) is 24.0 Å². The van der Waals surface area contributed by atoms with E-state index in [1.165, 1.54) is 31.0 Å². The van der Waals surface area contributed by atoms with Gasteiger partial charge in [-0.15, -0.1) is 12.4 Å². The van der Waals surface area contributed by atoms with Crippen LogP contribution in [0.5, 0.6) is 0 Å². The minimum atomic E-state index is -0.462. The maximum atomic E-state index is 12.6. The molecule has 6 nitrogen and oxygen atoms in total. The van der Waals surface area contributed by atoms with Crippen molar-refractivity contribution in [2.24, 2.45) is 5.92 Å². The van der Waals surface area contributed by atoms with E-state index in [0.29, 0.717) is 16.1 Å². The molecule has 0 bridgehead atoms. The number of carbonyl (C=O) groups excluding carboxylic acids is 1.